The molecule has 6 heteroatoms. The fraction of sp³-hybridized carbons (Fsp3) is 0.875. The number of esters is 1. The van der Waals surface area contributed by atoms with Gasteiger partial charge in [-0.05, 0) is 45.4 Å². The van der Waals surface area contributed by atoms with E-state index in [9.17, 15) is 9.59 Å². The molecule has 2 rings (SSSR count). The second-order valence-electron chi connectivity index (χ2n) is 6.87. The molecule has 2 saturated heterocycles. The van der Waals surface area contributed by atoms with Crippen LogP contribution in [0.4, 0.5) is 0 Å². The maximum Gasteiger partial charge on any atom is 0.310 e. The molecule has 1 amide bonds. The van der Waals surface area contributed by atoms with Crippen LogP contribution in [0.1, 0.15) is 52.9 Å². The van der Waals surface area contributed by atoms with Crippen LogP contribution >= 0.6 is 12.4 Å². The average molecular weight is 333 g/mol. The molecule has 3 atom stereocenters. The number of nitrogens with one attached hydrogen (secondary N) is 2. The van der Waals surface area contributed by atoms with E-state index in [0.29, 0.717) is 31.0 Å². The third-order valence-electron chi connectivity index (χ3n) is 4.40. The quantitative estimate of drug-likeness (QED) is 0.730. The predicted octanol–water partition coefficient (Wildman–Crippen LogP) is 2.03. The topological polar surface area (TPSA) is 67.4 Å². The van der Waals surface area contributed by atoms with Crippen molar-refractivity contribution in [1.82, 2.24) is 10.6 Å². The molecule has 22 heavy (non-hydrogen) atoms. The maximum atomic E-state index is 12.0. The maximum absolute atomic E-state index is 12.0. The van der Waals surface area contributed by atoms with E-state index in [1.807, 2.05) is 13.8 Å². The lowest BCUT2D eigenvalue weighted by Gasteiger charge is -2.28. The normalized spacial score (nSPS) is 27.9. The molecule has 0 aromatic carbocycles. The van der Waals surface area contributed by atoms with E-state index < -0.39 is 0 Å². The summed E-state index contributed by atoms with van der Waals surface area (Å²) < 4.78 is 5.13. The van der Waals surface area contributed by atoms with Gasteiger partial charge >= 0.3 is 5.97 Å². The number of ether oxygens (including phenoxy) is 1. The minimum Gasteiger partial charge on any atom is -0.463 e. The van der Waals surface area contributed by atoms with Crippen LogP contribution in [0.15, 0.2) is 0 Å². The largest absolute Gasteiger partial charge is 0.463 e. The van der Waals surface area contributed by atoms with Gasteiger partial charge in [0.1, 0.15) is 0 Å². The molecule has 3 unspecified atom stereocenters. The third kappa shape index (κ3) is 5.76. The summed E-state index contributed by atoms with van der Waals surface area (Å²) in [6.45, 7) is 5.81. The lowest BCUT2D eigenvalue weighted by Crippen LogP contribution is -2.40. The summed E-state index contributed by atoms with van der Waals surface area (Å²) in [6.07, 6.45) is 5.19. The number of fused-ring (bicyclic) bond motifs is 2. The number of piperidine rings is 1. The molecule has 2 aliphatic heterocycles. The molecule has 2 aliphatic rings. The first kappa shape index (κ1) is 19.2. The number of rotatable bonds is 6. The van der Waals surface area contributed by atoms with Crippen molar-refractivity contribution < 1.29 is 14.3 Å². The molecule has 0 aromatic heterocycles. The molecular formula is C16H29ClN2O3. The summed E-state index contributed by atoms with van der Waals surface area (Å²) in [7, 11) is 0. The molecule has 0 saturated carbocycles. The van der Waals surface area contributed by atoms with Crippen LogP contribution in [0.3, 0.4) is 0 Å². The van der Waals surface area contributed by atoms with Crippen molar-refractivity contribution >= 4 is 24.3 Å². The van der Waals surface area contributed by atoms with Gasteiger partial charge in [0.2, 0.25) is 5.91 Å². The van der Waals surface area contributed by atoms with Gasteiger partial charge in [-0.3, -0.25) is 9.59 Å². The van der Waals surface area contributed by atoms with Crippen LogP contribution in [0.2, 0.25) is 0 Å². The predicted molar refractivity (Wildman–Crippen MR) is 87.9 cm³/mol. The number of carbonyl (C=O) groups excluding carboxylic acids is 2. The van der Waals surface area contributed by atoms with Crippen LogP contribution in [0, 0.1) is 11.8 Å². The van der Waals surface area contributed by atoms with E-state index in [2.05, 4.69) is 10.6 Å². The number of halogens is 1. The van der Waals surface area contributed by atoms with Gasteiger partial charge < -0.3 is 15.4 Å². The highest BCUT2D eigenvalue weighted by Crippen LogP contribution is 2.32. The van der Waals surface area contributed by atoms with Gasteiger partial charge in [0.25, 0.3) is 0 Å². The Kier molecular flexibility index (Phi) is 7.63. The van der Waals surface area contributed by atoms with Crippen molar-refractivity contribution in [2.45, 2.75) is 71.1 Å². The Morgan fingerprint density at radius 1 is 1.18 bits per heavy atom. The smallest absolute Gasteiger partial charge is 0.310 e. The first-order valence-corrected chi connectivity index (χ1v) is 8.17. The van der Waals surface area contributed by atoms with E-state index in [4.69, 9.17) is 4.74 Å². The summed E-state index contributed by atoms with van der Waals surface area (Å²) in [5, 5.41) is 6.46. The molecular weight excluding hydrogens is 304 g/mol. The highest BCUT2D eigenvalue weighted by atomic mass is 35.5. The van der Waals surface area contributed by atoms with Crippen molar-refractivity contribution in [3.63, 3.8) is 0 Å². The van der Waals surface area contributed by atoms with Crippen molar-refractivity contribution in [2.24, 2.45) is 11.8 Å². The van der Waals surface area contributed by atoms with Crippen LogP contribution in [-0.2, 0) is 14.3 Å². The zero-order valence-corrected chi connectivity index (χ0v) is 14.6. The van der Waals surface area contributed by atoms with E-state index >= 15 is 0 Å². The van der Waals surface area contributed by atoms with Gasteiger partial charge in [-0.25, -0.2) is 0 Å². The molecule has 2 fully saturated rings. The Balaban J connectivity index is 0.00000242. The zero-order chi connectivity index (χ0) is 15.4. The van der Waals surface area contributed by atoms with E-state index in [1.165, 1.54) is 12.8 Å². The molecule has 0 spiro atoms. The summed E-state index contributed by atoms with van der Waals surface area (Å²) in [6, 6.07) is 1.22. The summed E-state index contributed by atoms with van der Waals surface area (Å²) in [5.74, 6) is 0.0120. The Hall–Kier alpha value is -0.810. The standard InChI is InChI=1S/C16H28N2O3.ClH/c1-10(2)21-16(20)11(3)9-17-15(19)8-12-6-13-4-5-14(7-12)18-13;/h10-14,18H,4-9H2,1-3H3,(H,17,19);1H. The van der Waals surface area contributed by atoms with Crippen LogP contribution < -0.4 is 10.6 Å². The molecule has 128 valence electrons. The molecule has 0 aliphatic carbocycles. The Morgan fingerprint density at radius 2 is 1.77 bits per heavy atom. The van der Waals surface area contributed by atoms with Crippen LogP contribution in [0.5, 0.6) is 0 Å². The minimum absolute atomic E-state index is 0. The van der Waals surface area contributed by atoms with Gasteiger partial charge in [0.15, 0.2) is 0 Å². The first-order chi connectivity index (χ1) is 9.94. The number of hydrogen-bond donors (Lipinski definition) is 2. The molecule has 2 bridgehead atoms. The SMILES string of the molecule is CC(C)OC(=O)C(C)CNC(=O)CC1CC2CCC(C1)N2.Cl. The first-order valence-electron chi connectivity index (χ1n) is 8.17. The van der Waals surface area contributed by atoms with Crippen molar-refractivity contribution in [2.75, 3.05) is 6.54 Å². The average Bonchev–Trinajstić information content (AvgIpc) is 2.74. The third-order valence-corrected chi connectivity index (χ3v) is 4.40. The highest BCUT2D eigenvalue weighted by Gasteiger charge is 2.34. The van der Waals surface area contributed by atoms with Crippen LogP contribution in [0.25, 0.3) is 0 Å². The lowest BCUT2D eigenvalue weighted by molar-refractivity contribution is -0.151. The molecule has 5 nitrogen and oxygen atoms in total. The van der Waals surface area contributed by atoms with Crippen molar-refractivity contribution in [1.29, 1.82) is 0 Å². The van der Waals surface area contributed by atoms with E-state index in [-0.39, 0.29) is 36.3 Å². The van der Waals surface area contributed by atoms with E-state index in [1.54, 1.807) is 6.92 Å². The zero-order valence-electron chi connectivity index (χ0n) is 13.8. The van der Waals surface area contributed by atoms with Gasteiger partial charge in [0.05, 0.1) is 12.0 Å². The summed E-state index contributed by atoms with van der Waals surface area (Å²) in [5.41, 5.74) is 0. The Labute approximate surface area is 139 Å². The number of amides is 1. The van der Waals surface area contributed by atoms with Crippen LogP contribution in [-0.4, -0.2) is 36.6 Å². The van der Waals surface area contributed by atoms with Gasteiger partial charge in [0, 0.05) is 25.0 Å². The summed E-state index contributed by atoms with van der Waals surface area (Å²) >= 11 is 0. The van der Waals surface area contributed by atoms with Crippen molar-refractivity contribution in [3.05, 3.63) is 0 Å². The number of carbonyl (C=O) groups is 2. The summed E-state index contributed by atoms with van der Waals surface area (Å²) in [4.78, 5) is 23.7. The minimum atomic E-state index is -0.291. The molecule has 2 heterocycles. The highest BCUT2D eigenvalue weighted by molar-refractivity contribution is 5.85. The molecule has 2 N–H and O–H groups in total. The fourth-order valence-corrected chi connectivity index (χ4v) is 3.37. The van der Waals surface area contributed by atoms with Gasteiger partial charge in [-0.2, -0.15) is 0 Å². The Bertz CT molecular complexity index is 378. The fourth-order valence-electron chi connectivity index (χ4n) is 3.37. The molecule has 0 radical (unpaired) electrons. The monoisotopic (exact) mass is 332 g/mol. The van der Waals surface area contributed by atoms with Gasteiger partial charge in [-0.15, -0.1) is 12.4 Å². The second-order valence-corrected chi connectivity index (χ2v) is 6.87. The molecule has 0 aromatic rings. The van der Waals surface area contributed by atoms with Gasteiger partial charge in [-0.1, -0.05) is 6.92 Å². The van der Waals surface area contributed by atoms with Crippen molar-refractivity contribution in [3.8, 4) is 0 Å². The number of hydrogen-bond acceptors (Lipinski definition) is 4. The Morgan fingerprint density at radius 3 is 2.32 bits per heavy atom. The van der Waals surface area contributed by atoms with E-state index in [0.717, 1.165) is 12.8 Å². The lowest BCUT2D eigenvalue weighted by atomic mass is 9.89. The second kappa shape index (κ2) is 8.73.